The molecule has 2 heterocycles. The molecule has 4 N–H and O–H groups in total. The number of carboxylic acids is 1. The van der Waals surface area contributed by atoms with Crippen molar-refractivity contribution in [2.75, 3.05) is 16.8 Å². The standard InChI is InChI=1S/C31H20N6O3S/c32-15-23-28(19-6-2-1-3-7-19)24(16-33)30(37-29(23)34)41-17-27(38)35-20-12-10-18(11-13-20)26-14-22(31(39)40)21-8-4-5-9-25(21)36-26/h1-14H,17H2,(H2,34,37)(H,35,38)(H,39,40). The first-order valence-corrected chi connectivity index (χ1v) is 13.2. The Kier molecular flexibility index (Phi) is 7.59. The molecule has 1 amide bonds. The quantitative estimate of drug-likeness (QED) is 0.213. The van der Waals surface area contributed by atoms with Gasteiger partial charge in [0.1, 0.15) is 28.5 Å². The molecule has 0 aliphatic carbocycles. The van der Waals surface area contributed by atoms with Crippen molar-refractivity contribution in [1.29, 1.82) is 10.5 Å². The van der Waals surface area contributed by atoms with E-state index in [-0.39, 0.29) is 39.2 Å². The summed E-state index contributed by atoms with van der Waals surface area (Å²) in [5.41, 5.74) is 9.80. The summed E-state index contributed by atoms with van der Waals surface area (Å²) >= 11 is 1.05. The second kappa shape index (κ2) is 11.6. The summed E-state index contributed by atoms with van der Waals surface area (Å²) in [5.74, 6) is -1.45. The van der Waals surface area contributed by atoms with Crippen LogP contribution in [0, 0.1) is 22.7 Å². The number of pyridine rings is 2. The molecule has 5 aromatic rings. The molecule has 9 nitrogen and oxygen atoms in total. The van der Waals surface area contributed by atoms with Gasteiger partial charge in [-0.1, -0.05) is 72.4 Å². The fourth-order valence-electron chi connectivity index (χ4n) is 4.35. The van der Waals surface area contributed by atoms with Crippen molar-refractivity contribution in [3.05, 3.63) is 102 Å². The van der Waals surface area contributed by atoms with Crippen LogP contribution in [-0.2, 0) is 4.79 Å². The molecule has 0 bridgehead atoms. The summed E-state index contributed by atoms with van der Waals surface area (Å²) in [6, 6.07) is 28.6. The first-order valence-electron chi connectivity index (χ1n) is 12.2. The number of amides is 1. The van der Waals surface area contributed by atoms with Gasteiger partial charge in [-0.2, -0.15) is 10.5 Å². The number of hydrogen-bond donors (Lipinski definition) is 3. The van der Waals surface area contributed by atoms with E-state index in [9.17, 15) is 25.2 Å². The topological polar surface area (TPSA) is 166 Å². The lowest BCUT2D eigenvalue weighted by molar-refractivity contribution is -0.113. The average Bonchev–Trinajstić information content (AvgIpc) is 2.99. The van der Waals surface area contributed by atoms with E-state index >= 15 is 0 Å². The summed E-state index contributed by atoms with van der Waals surface area (Å²) in [6.45, 7) is 0. The molecule has 0 unspecified atom stereocenters. The number of carboxylic acid groups (broad SMARTS) is 1. The zero-order valence-corrected chi connectivity index (χ0v) is 22.1. The number of rotatable bonds is 7. The van der Waals surface area contributed by atoms with Crippen molar-refractivity contribution in [2.45, 2.75) is 5.03 Å². The third kappa shape index (κ3) is 5.55. The van der Waals surface area contributed by atoms with E-state index in [0.717, 1.165) is 11.8 Å². The monoisotopic (exact) mass is 556 g/mol. The van der Waals surface area contributed by atoms with Gasteiger partial charge in [-0.3, -0.25) is 4.79 Å². The number of aromatic carboxylic acids is 1. The minimum absolute atomic E-state index is 0.0165. The molecule has 3 aromatic carbocycles. The maximum Gasteiger partial charge on any atom is 0.336 e. The lowest BCUT2D eigenvalue weighted by atomic mass is 9.97. The number of carbonyl (C=O) groups excluding carboxylic acids is 1. The second-order valence-electron chi connectivity index (χ2n) is 8.81. The number of para-hydroxylation sites is 1. The van der Waals surface area contributed by atoms with Gasteiger partial charge in [-0.05, 0) is 29.8 Å². The molecule has 198 valence electrons. The number of nitrogens with two attached hydrogens (primary N) is 1. The molecule has 2 aromatic heterocycles. The molecule has 0 aliphatic heterocycles. The minimum atomic E-state index is -1.04. The smallest absolute Gasteiger partial charge is 0.336 e. The molecule has 10 heteroatoms. The molecule has 0 saturated carbocycles. The SMILES string of the molecule is N#Cc1c(N)nc(SCC(=O)Nc2ccc(-c3cc(C(=O)O)c4ccccc4n3)cc2)c(C#N)c1-c1ccccc1. The van der Waals surface area contributed by atoms with Gasteiger partial charge in [0.2, 0.25) is 5.91 Å². The van der Waals surface area contributed by atoms with Crippen LogP contribution in [0.25, 0.3) is 33.3 Å². The van der Waals surface area contributed by atoms with Crippen LogP contribution in [0.4, 0.5) is 11.5 Å². The molecular weight excluding hydrogens is 536 g/mol. The normalized spacial score (nSPS) is 10.5. The first-order chi connectivity index (χ1) is 19.9. The molecule has 5 rings (SSSR count). The number of nitrogens with one attached hydrogen (secondary N) is 1. The highest BCUT2D eigenvalue weighted by Crippen LogP contribution is 2.35. The number of anilines is 2. The van der Waals surface area contributed by atoms with Gasteiger partial charge in [-0.15, -0.1) is 0 Å². The number of fused-ring (bicyclic) bond motifs is 1. The molecule has 0 spiro atoms. The molecule has 0 aliphatic rings. The van der Waals surface area contributed by atoms with E-state index in [1.807, 2.05) is 12.1 Å². The van der Waals surface area contributed by atoms with Crippen LogP contribution in [0.1, 0.15) is 21.5 Å². The maximum absolute atomic E-state index is 12.8. The Morgan fingerprint density at radius 2 is 1.56 bits per heavy atom. The average molecular weight is 557 g/mol. The molecule has 0 fully saturated rings. The van der Waals surface area contributed by atoms with E-state index in [2.05, 4.69) is 21.4 Å². The lowest BCUT2D eigenvalue weighted by Gasteiger charge is -2.13. The van der Waals surface area contributed by atoms with Gasteiger partial charge in [0.05, 0.1) is 28.1 Å². The second-order valence-corrected chi connectivity index (χ2v) is 9.77. The number of hydrogen-bond acceptors (Lipinski definition) is 8. The number of aromatic nitrogens is 2. The summed E-state index contributed by atoms with van der Waals surface area (Å²) in [5, 5.41) is 32.8. The highest BCUT2D eigenvalue weighted by Gasteiger charge is 2.21. The Labute approximate surface area is 238 Å². The van der Waals surface area contributed by atoms with Crippen molar-refractivity contribution in [3.63, 3.8) is 0 Å². The summed E-state index contributed by atoms with van der Waals surface area (Å²) in [4.78, 5) is 33.4. The lowest BCUT2D eigenvalue weighted by Crippen LogP contribution is -2.14. The van der Waals surface area contributed by atoms with Gasteiger partial charge in [0.25, 0.3) is 0 Å². The van der Waals surface area contributed by atoms with Gasteiger partial charge >= 0.3 is 5.97 Å². The zero-order chi connectivity index (χ0) is 28.9. The third-order valence-electron chi connectivity index (χ3n) is 6.23. The third-order valence-corrected chi connectivity index (χ3v) is 7.20. The molecule has 0 saturated heterocycles. The number of nitriles is 2. The van der Waals surface area contributed by atoms with E-state index in [0.29, 0.717) is 39.0 Å². The van der Waals surface area contributed by atoms with Crippen molar-refractivity contribution in [1.82, 2.24) is 9.97 Å². The van der Waals surface area contributed by atoms with Crippen LogP contribution in [-0.4, -0.2) is 32.7 Å². The number of benzene rings is 3. The zero-order valence-electron chi connectivity index (χ0n) is 21.3. The highest BCUT2D eigenvalue weighted by molar-refractivity contribution is 8.00. The predicted octanol–water partition coefficient (Wildman–Crippen LogP) is 5.72. The van der Waals surface area contributed by atoms with E-state index in [1.165, 1.54) is 6.07 Å². The van der Waals surface area contributed by atoms with Crippen molar-refractivity contribution < 1.29 is 14.7 Å². The number of nitrogen functional groups attached to an aromatic ring is 1. The Morgan fingerprint density at radius 1 is 0.878 bits per heavy atom. The summed E-state index contributed by atoms with van der Waals surface area (Å²) in [7, 11) is 0. The maximum atomic E-state index is 12.8. The summed E-state index contributed by atoms with van der Waals surface area (Å²) in [6.07, 6.45) is 0. The van der Waals surface area contributed by atoms with Crippen LogP contribution < -0.4 is 11.1 Å². The van der Waals surface area contributed by atoms with E-state index in [4.69, 9.17) is 5.73 Å². The van der Waals surface area contributed by atoms with E-state index < -0.39 is 5.97 Å². The summed E-state index contributed by atoms with van der Waals surface area (Å²) < 4.78 is 0. The van der Waals surface area contributed by atoms with Gasteiger partial charge in [-0.25, -0.2) is 14.8 Å². The fourth-order valence-corrected chi connectivity index (χ4v) is 5.15. The van der Waals surface area contributed by atoms with Crippen LogP contribution in [0.3, 0.4) is 0 Å². The molecule has 0 radical (unpaired) electrons. The van der Waals surface area contributed by atoms with Crippen LogP contribution in [0.5, 0.6) is 0 Å². The van der Waals surface area contributed by atoms with Gasteiger partial charge in [0, 0.05) is 22.2 Å². The number of carbonyl (C=O) groups is 2. The first kappa shape index (κ1) is 26.9. The molecule has 0 atom stereocenters. The largest absolute Gasteiger partial charge is 0.478 e. The predicted molar refractivity (Wildman–Crippen MR) is 157 cm³/mol. The Bertz CT molecular complexity index is 1890. The van der Waals surface area contributed by atoms with Crippen LogP contribution in [0.15, 0.2) is 90.0 Å². The highest BCUT2D eigenvalue weighted by atomic mass is 32.2. The fraction of sp³-hybridized carbons (Fsp3) is 0.0323. The van der Waals surface area contributed by atoms with Crippen LogP contribution >= 0.6 is 11.8 Å². The van der Waals surface area contributed by atoms with Crippen molar-refractivity contribution >= 4 is 46.0 Å². The van der Waals surface area contributed by atoms with Crippen molar-refractivity contribution in [2.24, 2.45) is 0 Å². The van der Waals surface area contributed by atoms with Gasteiger partial charge < -0.3 is 16.2 Å². The van der Waals surface area contributed by atoms with E-state index in [1.54, 1.807) is 72.8 Å². The number of nitrogens with zero attached hydrogens (tertiary/aromatic N) is 4. The van der Waals surface area contributed by atoms with Crippen LogP contribution in [0.2, 0.25) is 0 Å². The number of thioether (sulfide) groups is 1. The Hall–Kier alpha value is -5.71. The van der Waals surface area contributed by atoms with Crippen molar-refractivity contribution in [3.8, 4) is 34.5 Å². The Morgan fingerprint density at radius 3 is 2.24 bits per heavy atom. The molecule has 41 heavy (non-hydrogen) atoms. The Balaban J connectivity index is 1.33. The minimum Gasteiger partial charge on any atom is -0.478 e. The molecular formula is C31H20N6O3S. The van der Waals surface area contributed by atoms with Gasteiger partial charge in [0.15, 0.2) is 0 Å².